The van der Waals surface area contributed by atoms with Crippen molar-refractivity contribution in [3.8, 4) is 10.4 Å². The maximum absolute atomic E-state index is 11.5. The number of hydrogen-bond donors (Lipinski definition) is 3. The van der Waals surface area contributed by atoms with E-state index in [-0.39, 0.29) is 11.9 Å². The zero-order valence-electron chi connectivity index (χ0n) is 14.5. The number of amides is 1. The lowest BCUT2D eigenvalue weighted by Gasteiger charge is -2.10. The van der Waals surface area contributed by atoms with Gasteiger partial charge in [0.25, 0.3) is 0 Å². The molecule has 0 bridgehead atoms. The topological polar surface area (TPSA) is 80.0 Å². The number of thiophene rings is 1. The number of carbonyl (C=O) groups is 1. The number of rotatable bonds is 7. The van der Waals surface area contributed by atoms with Gasteiger partial charge in [0.05, 0.1) is 11.3 Å². The average molecular weight is 510 g/mol. The predicted octanol–water partition coefficient (Wildman–Crippen LogP) is 4.28. The fraction of sp³-hybridized carbons (Fsp3) is 0.263. The lowest BCUT2D eigenvalue weighted by Crippen LogP contribution is -2.30. The van der Waals surface area contributed by atoms with Crippen molar-refractivity contribution in [2.75, 3.05) is 17.2 Å². The standard InChI is InChI=1S/C19H19IN4OS2/c20-8-15-3-2-14(26-15)7-13(21)9-22-19-23-10-17(27-19)11-1-4-16-12(5-11)6-18(25)24-16/h1-5,10,13H,6-9,21H2,(H,22,23)(H,24,25)/t13-/m0/s1. The largest absolute Gasteiger partial charge is 0.360 e. The third-order valence-electron chi connectivity index (χ3n) is 4.35. The zero-order chi connectivity index (χ0) is 18.8. The van der Waals surface area contributed by atoms with Crippen LogP contribution in [0.25, 0.3) is 10.4 Å². The Balaban J connectivity index is 1.35. The third kappa shape index (κ3) is 4.50. The molecule has 2 aromatic heterocycles. The fourth-order valence-electron chi connectivity index (χ4n) is 3.02. The van der Waals surface area contributed by atoms with Gasteiger partial charge < -0.3 is 16.4 Å². The van der Waals surface area contributed by atoms with Crippen LogP contribution in [0.3, 0.4) is 0 Å². The minimum absolute atomic E-state index is 0.0511. The highest BCUT2D eigenvalue weighted by molar-refractivity contribution is 14.1. The van der Waals surface area contributed by atoms with Crippen LogP contribution in [-0.4, -0.2) is 23.5 Å². The molecule has 0 radical (unpaired) electrons. The Kier molecular flexibility index (Phi) is 5.76. The maximum atomic E-state index is 11.5. The minimum atomic E-state index is 0.0511. The second kappa shape index (κ2) is 8.26. The Bertz CT molecular complexity index is 968. The number of nitrogens with one attached hydrogen (secondary N) is 2. The van der Waals surface area contributed by atoms with Crippen molar-refractivity contribution in [2.24, 2.45) is 5.73 Å². The molecule has 0 fully saturated rings. The Morgan fingerprint density at radius 2 is 2.11 bits per heavy atom. The Morgan fingerprint density at radius 3 is 2.93 bits per heavy atom. The van der Waals surface area contributed by atoms with Gasteiger partial charge in [-0.25, -0.2) is 4.98 Å². The summed E-state index contributed by atoms with van der Waals surface area (Å²) in [6, 6.07) is 10.5. The number of alkyl halides is 1. The SMILES string of the molecule is N[C@H](CNc1ncc(-c2ccc3c(c2)CC(=O)N3)s1)Cc1ccc(CI)s1. The van der Waals surface area contributed by atoms with Crippen LogP contribution < -0.4 is 16.4 Å². The van der Waals surface area contributed by atoms with Crippen LogP contribution in [0.4, 0.5) is 10.8 Å². The van der Waals surface area contributed by atoms with Crippen molar-refractivity contribution in [1.82, 2.24) is 4.98 Å². The molecule has 3 aromatic rings. The van der Waals surface area contributed by atoms with Gasteiger partial charge in [0, 0.05) is 38.7 Å². The van der Waals surface area contributed by atoms with E-state index in [2.05, 4.69) is 56.4 Å². The molecule has 5 nitrogen and oxygen atoms in total. The molecule has 0 aliphatic carbocycles. The van der Waals surface area contributed by atoms with Gasteiger partial charge in [0.15, 0.2) is 5.13 Å². The van der Waals surface area contributed by atoms with Gasteiger partial charge in [-0.05, 0) is 41.8 Å². The number of carbonyl (C=O) groups excluding carboxylic acids is 1. The molecule has 1 atom stereocenters. The summed E-state index contributed by atoms with van der Waals surface area (Å²) in [5.74, 6) is 0.0548. The number of thiazole rings is 1. The summed E-state index contributed by atoms with van der Waals surface area (Å²) in [6.45, 7) is 0.688. The molecule has 1 aromatic carbocycles. The molecule has 1 aliphatic heterocycles. The summed E-state index contributed by atoms with van der Waals surface area (Å²) in [7, 11) is 0. The second-order valence-corrected chi connectivity index (χ2v) is 9.52. The van der Waals surface area contributed by atoms with E-state index in [0.29, 0.717) is 13.0 Å². The van der Waals surface area contributed by atoms with Crippen LogP contribution in [-0.2, 0) is 22.1 Å². The van der Waals surface area contributed by atoms with Crippen molar-refractivity contribution in [3.63, 3.8) is 0 Å². The summed E-state index contributed by atoms with van der Waals surface area (Å²) in [6.07, 6.45) is 3.19. The minimum Gasteiger partial charge on any atom is -0.360 e. The van der Waals surface area contributed by atoms with E-state index in [1.807, 2.05) is 29.7 Å². The fourth-order valence-corrected chi connectivity index (χ4v) is 5.53. The van der Waals surface area contributed by atoms with Gasteiger partial charge in [-0.3, -0.25) is 4.79 Å². The molecule has 1 amide bonds. The number of aromatic nitrogens is 1. The van der Waals surface area contributed by atoms with Crippen molar-refractivity contribution < 1.29 is 4.79 Å². The van der Waals surface area contributed by atoms with E-state index in [1.165, 1.54) is 9.75 Å². The lowest BCUT2D eigenvalue weighted by atomic mass is 10.1. The molecule has 1 aliphatic rings. The van der Waals surface area contributed by atoms with Crippen LogP contribution in [0.15, 0.2) is 36.5 Å². The summed E-state index contributed by atoms with van der Waals surface area (Å²) < 4.78 is 1.05. The number of halogens is 1. The van der Waals surface area contributed by atoms with E-state index in [4.69, 9.17) is 5.73 Å². The Morgan fingerprint density at radius 1 is 1.26 bits per heavy atom. The van der Waals surface area contributed by atoms with Gasteiger partial charge >= 0.3 is 0 Å². The smallest absolute Gasteiger partial charge is 0.228 e. The van der Waals surface area contributed by atoms with Gasteiger partial charge in [0.2, 0.25) is 5.91 Å². The molecular weight excluding hydrogens is 491 g/mol. The van der Waals surface area contributed by atoms with Crippen LogP contribution in [0.1, 0.15) is 15.3 Å². The second-order valence-electron chi connectivity index (χ2n) is 6.47. The first kappa shape index (κ1) is 18.9. The molecule has 8 heteroatoms. The first-order valence-corrected chi connectivity index (χ1v) is 11.8. The number of fused-ring (bicyclic) bond motifs is 1. The third-order valence-corrected chi connectivity index (χ3v) is 7.80. The monoisotopic (exact) mass is 510 g/mol. The van der Waals surface area contributed by atoms with E-state index >= 15 is 0 Å². The summed E-state index contributed by atoms with van der Waals surface area (Å²) >= 11 is 5.83. The van der Waals surface area contributed by atoms with Gasteiger partial charge in [0.1, 0.15) is 0 Å². The molecule has 3 heterocycles. The molecule has 4 N–H and O–H groups in total. The zero-order valence-corrected chi connectivity index (χ0v) is 18.3. The Hall–Kier alpha value is -1.49. The molecule has 4 rings (SSSR count). The molecule has 0 unspecified atom stereocenters. The summed E-state index contributed by atoms with van der Waals surface area (Å²) in [5, 5.41) is 7.09. The van der Waals surface area contributed by atoms with Gasteiger partial charge in [-0.2, -0.15) is 0 Å². The lowest BCUT2D eigenvalue weighted by molar-refractivity contribution is -0.115. The summed E-state index contributed by atoms with van der Waals surface area (Å²) in [5.41, 5.74) is 9.32. The quantitative estimate of drug-likeness (QED) is 0.328. The van der Waals surface area contributed by atoms with E-state index in [9.17, 15) is 4.79 Å². The van der Waals surface area contributed by atoms with Gasteiger partial charge in [-0.1, -0.05) is 40.0 Å². The van der Waals surface area contributed by atoms with Gasteiger partial charge in [-0.15, -0.1) is 11.3 Å². The van der Waals surface area contributed by atoms with Crippen molar-refractivity contribution in [1.29, 1.82) is 0 Å². The van der Waals surface area contributed by atoms with Crippen molar-refractivity contribution in [2.45, 2.75) is 23.3 Å². The maximum Gasteiger partial charge on any atom is 0.228 e. The number of benzene rings is 1. The first-order valence-electron chi connectivity index (χ1n) is 8.62. The van der Waals surface area contributed by atoms with E-state index < -0.39 is 0 Å². The highest BCUT2D eigenvalue weighted by Gasteiger charge is 2.18. The first-order chi connectivity index (χ1) is 13.1. The molecule has 0 saturated heterocycles. The van der Waals surface area contributed by atoms with E-state index in [0.717, 1.165) is 37.7 Å². The molecule has 27 heavy (non-hydrogen) atoms. The molecule has 0 saturated carbocycles. The Labute approximate surface area is 179 Å². The van der Waals surface area contributed by atoms with Crippen molar-refractivity contribution in [3.05, 3.63) is 51.8 Å². The molecule has 140 valence electrons. The average Bonchev–Trinajstić information content (AvgIpc) is 3.37. The number of anilines is 2. The van der Waals surface area contributed by atoms with Crippen LogP contribution in [0.2, 0.25) is 0 Å². The van der Waals surface area contributed by atoms with Crippen LogP contribution in [0, 0.1) is 0 Å². The van der Waals surface area contributed by atoms with Crippen molar-refractivity contribution >= 4 is 62.0 Å². The molecule has 0 spiro atoms. The highest BCUT2D eigenvalue weighted by Crippen LogP contribution is 2.33. The highest BCUT2D eigenvalue weighted by atomic mass is 127. The number of nitrogens with zero attached hydrogens (tertiary/aromatic N) is 1. The van der Waals surface area contributed by atoms with E-state index in [1.54, 1.807) is 11.3 Å². The number of nitrogens with two attached hydrogens (primary N) is 1. The molecular formula is C19H19IN4OS2. The normalized spacial score (nSPS) is 14.1. The number of hydrogen-bond acceptors (Lipinski definition) is 6. The summed E-state index contributed by atoms with van der Waals surface area (Å²) in [4.78, 5) is 19.8. The van der Waals surface area contributed by atoms with Crippen LogP contribution in [0.5, 0.6) is 0 Å². The predicted molar refractivity (Wildman–Crippen MR) is 122 cm³/mol. The van der Waals surface area contributed by atoms with Crippen LogP contribution >= 0.6 is 45.3 Å².